The van der Waals surface area contributed by atoms with E-state index in [4.69, 9.17) is 5.11 Å². The van der Waals surface area contributed by atoms with Gasteiger partial charge >= 0.3 is 5.97 Å². The van der Waals surface area contributed by atoms with Gasteiger partial charge in [-0.1, -0.05) is 19.4 Å². The van der Waals surface area contributed by atoms with E-state index in [1.165, 1.54) is 6.07 Å². The monoisotopic (exact) mass is 294 g/mol. The van der Waals surface area contributed by atoms with Crippen molar-refractivity contribution in [2.75, 3.05) is 5.32 Å². The molecule has 1 rings (SSSR count). The van der Waals surface area contributed by atoms with Crippen LogP contribution in [-0.2, 0) is 4.79 Å². The van der Waals surface area contributed by atoms with Crippen LogP contribution in [0.4, 0.5) is 11.4 Å². The van der Waals surface area contributed by atoms with Crippen molar-refractivity contribution >= 4 is 17.3 Å². The molecule has 1 aromatic rings. The second-order valence-electron chi connectivity index (χ2n) is 5.42. The maximum Gasteiger partial charge on any atom is 0.306 e. The molecule has 0 radical (unpaired) electrons. The second-order valence-corrected chi connectivity index (χ2v) is 5.42. The molecule has 1 aromatic carbocycles. The molecule has 0 saturated carbocycles. The Labute approximate surface area is 124 Å². The molecule has 0 aromatic heterocycles. The number of nitro groups is 1. The Kier molecular flexibility index (Phi) is 6.14. The Morgan fingerprint density at radius 2 is 2.05 bits per heavy atom. The van der Waals surface area contributed by atoms with Crippen molar-refractivity contribution in [3.63, 3.8) is 0 Å². The van der Waals surface area contributed by atoms with E-state index in [2.05, 4.69) is 5.32 Å². The van der Waals surface area contributed by atoms with Gasteiger partial charge < -0.3 is 10.4 Å². The van der Waals surface area contributed by atoms with Gasteiger partial charge in [0.1, 0.15) is 0 Å². The van der Waals surface area contributed by atoms with E-state index in [-0.39, 0.29) is 22.6 Å². The van der Waals surface area contributed by atoms with Crippen LogP contribution in [0.25, 0.3) is 0 Å². The lowest BCUT2D eigenvalue weighted by Crippen LogP contribution is -2.17. The number of carbonyl (C=O) groups is 1. The average Bonchev–Trinajstić information content (AvgIpc) is 2.40. The highest BCUT2D eigenvalue weighted by Crippen LogP contribution is 2.26. The summed E-state index contributed by atoms with van der Waals surface area (Å²) in [6.45, 7) is 5.41. The van der Waals surface area contributed by atoms with Gasteiger partial charge in [0.05, 0.1) is 10.8 Å². The highest BCUT2D eigenvalue weighted by Gasteiger charge is 2.15. The SMILES string of the molecule is Cc1c(NC(C)CCCC(C)C(=O)O)cccc1[N+](=O)[O-]. The molecule has 21 heavy (non-hydrogen) atoms. The zero-order chi connectivity index (χ0) is 16.0. The summed E-state index contributed by atoms with van der Waals surface area (Å²) < 4.78 is 0. The lowest BCUT2D eigenvalue weighted by molar-refractivity contribution is -0.385. The lowest BCUT2D eigenvalue weighted by atomic mass is 10.0. The smallest absolute Gasteiger partial charge is 0.306 e. The van der Waals surface area contributed by atoms with Crippen LogP contribution in [0.15, 0.2) is 18.2 Å². The number of hydrogen-bond acceptors (Lipinski definition) is 4. The summed E-state index contributed by atoms with van der Waals surface area (Å²) in [5.41, 5.74) is 1.47. The average molecular weight is 294 g/mol. The molecular weight excluding hydrogens is 272 g/mol. The van der Waals surface area contributed by atoms with Crippen LogP contribution in [0.5, 0.6) is 0 Å². The number of nitro benzene ring substituents is 1. The molecule has 0 fully saturated rings. The largest absolute Gasteiger partial charge is 0.481 e. The molecule has 6 heteroatoms. The summed E-state index contributed by atoms with van der Waals surface area (Å²) in [5.74, 6) is -1.11. The van der Waals surface area contributed by atoms with Gasteiger partial charge in [0.2, 0.25) is 0 Å². The van der Waals surface area contributed by atoms with E-state index < -0.39 is 5.97 Å². The van der Waals surface area contributed by atoms with Gasteiger partial charge in [-0.05, 0) is 32.8 Å². The molecule has 0 aliphatic rings. The van der Waals surface area contributed by atoms with Gasteiger partial charge in [-0.2, -0.15) is 0 Å². The Morgan fingerprint density at radius 3 is 2.62 bits per heavy atom. The van der Waals surface area contributed by atoms with Crippen molar-refractivity contribution in [3.05, 3.63) is 33.9 Å². The quantitative estimate of drug-likeness (QED) is 0.564. The molecule has 0 amide bonds. The Morgan fingerprint density at radius 1 is 1.38 bits per heavy atom. The van der Waals surface area contributed by atoms with E-state index in [0.717, 1.165) is 18.5 Å². The van der Waals surface area contributed by atoms with Crippen molar-refractivity contribution in [1.82, 2.24) is 0 Å². The molecule has 0 aliphatic heterocycles. The maximum absolute atomic E-state index is 10.9. The molecular formula is C15H22N2O4. The zero-order valence-electron chi connectivity index (χ0n) is 12.6. The summed E-state index contributed by atoms with van der Waals surface area (Å²) in [6, 6.07) is 5.09. The molecule has 116 valence electrons. The zero-order valence-corrected chi connectivity index (χ0v) is 12.6. The fraction of sp³-hybridized carbons (Fsp3) is 0.533. The Hall–Kier alpha value is -2.11. The number of hydrogen-bond donors (Lipinski definition) is 2. The Bertz CT molecular complexity index is 516. The predicted molar refractivity (Wildman–Crippen MR) is 81.6 cm³/mol. The summed E-state index contributed by atoms with van der Waals surface area (Å²) in [6.07, 6.45) is 2.25. The molecule has 2 unspecified atom stereocenters. The molecule has 0 saturated heterocycles. The van der Waals surface area contributed by atoms with Gasteiger partial charge in [0.15, 0.2) is 0 Å². The molecule has 2 atom stereocenters. The minimum Gasteiger partial charge on any atom is -0.481 e. The van der Waals surface area contributed by atoms with Crippen LogP contribution >= 0.6 is 0 Å². The summed E-state index contributed by atoms with van der Waals surface area (Å²) in [5, 5.41) is 23.0. The van der Waals surface area contributed by atoms with Crippen LogP contribution in [0.1, 0.15) is 38.7 Å². The second kappa shape index (κ2) is 7.61. The van der Waals surface area contributed by atoms with Gasteiger partial charge in [-0.3, -0.25) is 14.9 Å². The highest BCUT2D eigenvalue weighted by atomic mass is 16.6. The van der Waals surface area contributed by atoms with Crippen molar-refractivity contribution in [2.24, 2.45) is 5.92 Å². The number of benzene rings is 1. The first-order chi connectivity index (χ1) is 9.82. The molecule has 0 aliphatic carbocycles. The minimum atomic E-state index is -0.773. The third-order valence-corrected chi connectivity index (χ3v) is 3.60. The first-order valence-electron chi connectivity index (χ1n) is 7.06. The van der Waals surface area contributed by atoms with Crippen LogP contribution < -0.4 is 5.32 Å². The first-order valence-corrected chi connectivity index (χ1v) is 7.06. The molecule has 0 spiro atoms. The molecule has 0 bridgehead atoms. The van der Waals surface area contributed by atoms with Crippen molar-refractivity contribution < 1.29 is 14.8 Å². The van der Waals surface area contributed by atoms with Crippen molar-refractivity contribution in [2.45, 2.75) is 46.1 Å². The fourth-order valence-corrected chi connectivity index (χ4v) is 2.17. The number of rotatable bonds is 8. The number of nitrogens with one attached hydrogen (secondary N) is 1. The van der Waals surface area contributed by atoms with E-state index in [9.17, 15) is 14.9 Å². The third-order valence-electron chi connectivity index (χ3n) is 3.60. The van der Waals surface area contributed by atoms with Gasteiger partial charge in [0, 0.05) is 23.4 Å². The summed E-state index contributed by atoms with van der Waals surface area (Å²) >= 11 is 0. The van der Waals surface area contributed by atoms with Crippen LogP contribution in [0.3, 0.4) is 0 Å². The van der Waals surface area contributed by atoms with Gasteiger partial charge in [0.25, 0.3) is 5.69 Å². The van der Waals surface area contributed by atoms with E-state index in [1.807, 2.05) is 13.0 Å². The van der Waals surface area contributed by atoms with Gasteiger partial charge in [-0.15, -0.1) is 0 Å². The van der Waals surface area contributed by atoms with E-state index in [0.29, 0.717) is 12.0 Å². The standard InChI is InChI=1S/C15H22N2O4/c1-10(15(18)19)6-4-7-11(2)16-13-8-5-9-14(12(13)3)17(20)21/h5,8-11,16H,4,6-7H2,1-3H3,(H,18,19). The summed E-state index contributed by atoms with van der Waals surface area (Å²) in [7, 11) is 0. The lowest BCUT2D eigenvalue weighted by Gasteiger charge is -2.17. The number of nitrogens with zero attached hydrogens (tertiary/aromatic N) is 1. The number of anilines is 1. The van der Waals surface area contributed by atoms with Crippen molar-refractivity contribution in [1.29, 1.82) is 0 Å². The normalized spacial score (nSPS) is 13.5. The molecule has 6 nitrogen and oxygen atoms in total. The topological polar surface area (TPSA) is 92.5 Å². The number of carboxylic acid groups (broad SMARTS) is 1. The Balaban J connectivity index is 2.55. The maximum atomic E-state index is 10.9. The summed E-state index contributed by atoms with van der Waals surface area (Å²) in [4.78, 5) is 21.2. The molecule has 0 heterocycles. The van der Waals surface area contributed by atoms with Crippen molar-refractivity contribution in [3.8, 4) is 0 Å². The van der Waals surface area contributed by atoms with Crippen LogP contribution in [0.2, 0.25) is 0 Å². The van der Waals surface area contributed by atoms with E-state index >= 15 is 0 Å². The minimum absolute atomic E-state index is 0.103. The third kappa shape index (κ3) is 5.06. The van der Waals surface area contributed by atoms with Crippen LogP contribution in [0, 0.1) is 23.0 Å². The first kappa shape index (κ1) is 16.9. The number of aliphatic carboxylic acids is 1. The van der Waals surface area contributed by atoms with E-state index in [1.54, 1.807) is 19.9 Å². The molecule has 2 N–H and O–H groups in total. The highest BCUT2D eigenvalue weighted by molar-refractivity contribution is 5.69. The fourth-order valence-electron chi connectivity index (χ4n) is 2.17. The van der Waals surface area contributed by atoms with Crippen LogP contribution in [-0.4, -0.2) is 22.0 Å². The van der Waals surface area contributed by atoms with Gasteiger partial charge in [-0.25, -0.2) is 0 Å². The number of carboxylic acids is 1. The predicted octanol–water partition coefficient (Wildman–Crippen LogP) is 3.59.